The normalized spacial score (nSPS) is 24.6. The molecule has 4 rings (SSSR count). The van der Waals surface area contributed by atoms with Crippen molar-refractivity contribution in [2.24, 2.45) is 5.92 Å². The molecule has 0 radical (unpaired) electrons. The van der Waals surface area contributed by atoms with Crippen LogP contribution in [0.1, 0.15) is 48.1 Å². The number of fused-ring (bicyclic) bond motifs is 2. The van der Waals surface area contributed by atoms with Crippen LogP contribution in [0.15, 0.2) is 48.5 Å². The molecule has 1 nitrogen and oxygen atoms in total. The fourth-order valence-electron chi connectivity index (χ4n) is 3.78. The Morgan fingerprint density at radius 1 is 0.850 bits per heavy atom. The van der Waals surface area contributed by atoms with Crippen LogP contribution in [0.4, 0.5) is 0 Å². The summed E-state index contributed by atoms with van der Waals surface area (Å²) in [5, 5.41) is 3.90. The van der Waals surface area contributed by atoms with Gasteiger partial charge in [-0.2, -0.15) is 0 Å². The van der Waals surface area contributed by atoms with E-state index in [1.807, 2.05) is 0 Å². The van der Waals surface area contributed by atoms with Crippen LogP contribution >= 0.6 is 0 Å². The number of benzene rings is 2. The minimum absolute atomic E-state index is 0.383. The molecule has 0 bridgehead atoms. The molecule has 0 heterocycles. The quantitative estimate of drug-likeness (QED) is 0.861. The van der Waals surface area contributed by atoms with Gasteiger partial charge in [-0.05, 0) is 47.4 Å². The molecule has 102 valence electrons. The van der Waals surface area contributed by atoms with Gasteiger partial charge in [-0.3, -0.25) is 0 Å². The number of hydrogen-bond donors (Lipinski definition) is 1. The maximum atomic E-state index is 3.90. The van der Waals surface area contributed by atoms with E-state index < -0.39 is 0 Å². The summed E-state index contributed by atoms with van der Waals surface area (Å²) >= 11 is 0. The molecular weight excluding hydrogens is 242 g/mol. The molecule has 0 saturated heterocycles. The summed E-state index contributed by atoms with van der Waals surface area (Å²) in [6.45, 7) is 2.35. The molecule has 0 atom stereocenters. The predicted molar refractivity (Wildman–Crippen MR) is 82.9 cm³/mol. The van der Waals surface area contributed by atoms with Gasteiger partial charge in [0.2, 0.25) is 0 Å². The molecule has 2 aliphatic rings. The third-order valence-electron chi connectivity index (χ3n) is 4.89. The average Bonchev–Trinajstić information content (AvgIpc) is 2.45. The van der Waals surface area contributed by atoms with E-state index in [1.54, 1.807) is 0 Å². The molecule has 0 amide bonds. The Labute approximate surface area is 121 Å². The molecule has 0 aromatic heterocycles. The van der Waals surface area contributed by atoms with Gasteiger partial charge in [0.25, 0.3) is 0 Å². The lowest BCUT2D eigenvalue weighted by Crippen LogP contribution is -2.43. The summed E-state index contributed by atoms with van der Waals surface area (Å²) in [5.74, 6) is 0.890. The third-order valence-corrected chi connectivity index (χ3v) is 4.89. The first-order valence-electron chi connectivity index (χ1n) is 7.73. The van der Waals surface area contributed by atoms with Crippen molar-refractivity contribution in [2.75, 3.05) is 0 Å². The van der Waals surface area contributed by atoms with E-state index in [2.05, 4.69) is 60.8 Å². The van der Waals surface area contributed by atoms with Crippen LogP contribution < -0.4 is 5.32 Å². The van der Waals surface area contributed by atoms with E-state index >= 15 is 0 Å². The van der Waals surface area contributed by atoms with Crippen LogP contribution in [-0.4, -0.2) is 6.04 Å². The van der Waals surface area contributed by atoms with Crippen molar-refractivity contribution < 1.29 is 0 Å². The Balaban J connectivity index is 1.72. The number of hydrogen-bond acceptors (Lipinski definition) is 1. The molecule has 1 heteroatoms. The maximum absolute atomic E-state index is 3.90. The monoisotopic (exact) mass is 263 g/mol. The maximum Gasteiger partial charge on any atom is 0.0584 e. The van der Waals surface area contributed by atoms with Crippen molar-refractivity contribution in [1.82, 2.24) is 5.32 Å². The Morgan fingerprint density at radius 3 is 1.95 bits per heavy atom. The summed E-state index contributed by atoms with van der Waals surface area (Å²) in [4.78, 5) is 0. The van der Waals surface area contributed by atoms with Crippen LogP contribution in [0.3, 0.4) is 0 Å². The SMILES string of the molecule is CC1CC(NC2c3ccccc3Cc3ccccc32)C1. The Hall–Kier alpha value is -1.60. The lowest BCUT2D eigenvalue weighted by atomic mass is 9.78. The van der Waals surface area contributed by atoms with Gasteiger partial charge in [-0.25, -0.2) is 0 Å². The van der Waals surface area contributed by atoms with Crippen LogP contribution in [0.2, 0.25) is 0 Å². The Bertz CT molecular complexity index is 580. The van der Waals surface area contributed by atoms with Crippen molar-refractivity contribution in [3.05, 3.63) is 70.8 Å². The van der Waals surface area contributed by atoms with Gasteiger partial charge in [0.1, 0.15) is 0 Å². The first-order chi connectivity index (χ1) is 9.81. The van der Waals surface area contributed by atoms with Gasteiger partial charge < -0.3 is 5.32 Å². The van der Waals surface area contributed by atoms with Crippen molar-refractivity contribution in [1.29, 1.82) is 0 Å². The van der Waals surface area contributed by atoms with Crippen LogP contribution in [0, 0.1) is 5.92 Å². The lowest BCUT2D eigenvalue weighted by Gasteiger charge is -2.39. The molecule has 2 aromatic rings. The summed E-state index contributed by atoms with van der Waals surface area (Å²) in [7, 11) is 0. The standard InChI is InChI=1S/C19H21N/c1-13-10-16(11-13)20-19-17-8-4-2-6-14(17)12-15-7-3-5-9-18(15)19/h2-9,13,16,19-20H,10-12H2,1H3. The van der Waals surface area contributed by atoms with Crippen molar-refractivity contribution in [3.8, 4) is 0 Å². The zero-order valence-electron chi connectivity index (χ0n) is 12.0. The smallest absolute Gasteiger partial charge is 0.0584 e. The summed E-state index contributed by atoms with van der Waals surface area (Å²) in [6, 6.07) is 18.9. The highest BCUT2D eigenvalue weighted by Gasteiger charge is 2.31. The second-order valence-electron chi connectivity index (χ2n) is 6.45. The Kier molecular flexibility index (Phi) is 2.89. The average molecular weight is 263 g/mol. The molecule has 0 unspecified atom stereocenters. The van der Waals surface area contributed by atoms with Crippen LogP contribution in [0.25, 0.3) is 0 Å². The number of nitrogens with one attached hydrogen (secondary N) is 1. The van der Waals surface area contributed by atoms with Gasteiger partial charge in [-0.1, -0.05) is 55.5 Å². The van der Waals surface area contributed by atoms with Gasteiger partial charge in [-0.15, -0.1) is 0 Å². The second-order valence-corrected chi connectivity index (χ2v) is 6.45. The van der Waals surface area contributed by atoms with Crippen LogP contribution in [-0.2, 0) is 6.42 Å². The Morgan fingerprint density at radius 2 is 1.40 bits per heavy atom. The molecule has 2 aromatic carbocycles. The van der Waals surface area contributed by atoms with Crippen molar-refractivity contribution in [3.63, 3.8) is 0 Å². The van der Waals surface area contributed by atoms with Gasteiger partial charge in [0.05, 0.1) is 6.04 Å². The highest BCUT2D eigenvalue weighted by molar-refractivity contribution is 5.48. The third kappa shape index (κ3) is 1.97. The first kappa shape index (κ1) is 12.2. The zero-order chi connectivity index (χ0) is 13.5. The van der Waals surface area contributed by atoms with Gasteiger partial charge in [0, 0.05) is 6.04 Å². The summed E-state index contributed by atoms with van der Waals surface area (Å²) in [6.07, 6.45) is 3.72. The summed E-state index contributed by atoms with van der Waals surface area (Å²) in [5.41, 5.74) is 5.92. The fourth-order valence-corrected chi connectivity index (χ4v) is 3.78. The first-order valence-corrected chi connectivity index (χ1v) is 7.73. The minimum Gasteiger partial charge on any atom is -0.303 e. The molecule has 2 aliphatic carbocycles. The summed E-state index contributed by atoms with van der Waals surface area (Å²) < 4.78 is 0. The van der Waals surface area contributed by atoms with E-state index in [0.717, 1.165) is 12.3 Å². The van der Waals surface area contributed by atoms with E-state index in [0.29, 0.717) is 12.1 Å². The fraction of sp³-hybridized carbons (Fsp3) is 0.368. The molecule has 0 spiro atoms. The largest absolute Gasteiger partial charge is 0.303 e. The van der Waals surface area contributed by atoms with Crippen molar-refractivity contribution >= 4 is 0 Å². The van der Waals surface area contributed by atoms with E-state index in [-0.39, 0.29) is 0 Å². The lowest BCUT2D eigenvalue weighted by molar-refractivity contribution is 0.229. The van der Waals surface area contributed by atoms with Crippen molar-refractivity contribution in [2.45, 2.75) is 38.3 Å². The van der Waals surface area contributed by atoms with E-state index in [1.165, 1.54) is 35.1 Å². The highest BCUT2D eigenvalue weighted by atomic mass is 15.0. The van der Waals surface area contributed by atoms with E-state index in [4.69, 9.17) is 0 Å². The molecule has 1 saturated carbocycles. The van der Waals surface area contributed by atoms with Gasteiger partial charge >= 0.3 is 0 Å². The molecule has 20 heavy (non-hydrogen) atoms. The topological polar surface area (TPSA) is 12.0 Å². The molecule has 1 N–H and O–H groups in total. The second kappa shape index (κ2) is 4.75. The van der Waals surface area contributed by atoms with E-state index in [9.17, 15) is 0 Å². The molecular formula is C19H21N. The minimum atomic E-state index is 0.383. The van der Waals surface area contributed by atoms with Crippen LogP contribution in [0.5, 0.6) is 0 Å². The molecule has 1 fully saturated rings. The zero-order valence-corrected chi connectivity index (χ0v) is 12.0. The highest BCUT2D eigenvalue weighted by Crippen LogP contribution is 2.37. The predicted octanol–water partition coefficient (Wildman–Crippen LogP) is 4.07. The number of rotatable bonds is 2. The van der Waals surface area contributed by atoms with Gasteiger partial charge in [0.15, 0.2) is 0 Å². The molecule has 0 aliphatic heterocycles.